The van der Waals surface area contributed by atoms with E-state index in [9.17, 15) is 4.79 Å². The maximum atomic E-state index is 11.9. The van der Waals surface area contributed by atoms with Crippen molar-refractivity contribution in [1.29, 1.82) is 0 Å². The molecule has 0 bridgehead atoms. The van der Waals surface area contributed by atoms with Gasteiger partial charge in [0.1, 0.15) is 0 Å². The average molecular weight is 230 g/mol. The van der Waals surface area contributed by atoms with Crippen LogP contribution in [-0.2, 0) is 6.42 Å². The maximum Gasteiger partial charge on any atom is 0.251 e. The van der Waals surface area contributed by atoms with Gasteiger partial charge in [-0.1, -0.05) is 18.2 Å². The molecule has 0 aliphatic heterocycles. The second-order valence-corrected chi connectivity index (χ2v) is 3.63. The lowest BCUT2D eigenvalue weighted by Crippen LogP contribution is -2.25. The van der Waals surface area contributed by atoms with Gasteiger partial charge in [-0.25, -0.2) is 0 Å². The van der Waals surface area contributed by atoms with E-state index >= 15 is 0 Å². The predicted molar refractivity (Wildman–Crippen MR) is 69.6 cm³/mol. The Hall–Kier alpha value is -1.79. The molecule has 3 N–H and O–H groups in total. The summed E-state index contributed by atoms with van der Waals surface area (Å²) in [5, 5.41) is 2.85. The first-order chi connectivity index (χ1) is 8.29. The summed E-state index contributed by atoms with van der Waals surface area (Å²) in [4.78, 5) is 11.9. The fraction of sp³-hybridized carbons (Fsp3) is 0.357. The van der Waals surface area contributed by atoms with Gasteiger partial charge in [0.25, 0.3) is 5.91 Å². The summed E-state index contributed by atoms with van der Waals surface area (Å²) in [6.45, 7) is 2.92. The van der Waals surface area contributed by atoms with E-state index in [1.807, 2.05) is 24.3 Å². The maximum absolute atomic E-state index is 11.9. The van der Waals surface area contributed by atoms with Gasteiger partial charge in [0, 0.05) is 18.5 Å². The lowest BCUT2D eigenvalue weighted by Gasteiger charge is -2.08. The molecule has 3 nitrogen and oxygen atoms in total. The lowest BCUT2D eigenvalue weighted by molar-refractivity contribution is 0.0953. The molecule has 0 aromatic heterocycles. The van der Waals surface area contributed by atoms with Crippen molar-refractivity contribution in [2.24, 2.45) is 5.73 Å². The normalized spacial score (nSPS) is 9.29. The van der Waals surface area contributed by atoms with Crippen LogP contribution in [0.15, 0.2) is 24.3 Å². The SMILES string of the molecule is CC#CCCNC(=O)c1ccccc1CCN. The highest BCUT2D eigenvalue weighted by atomic mass is 16.1. The van der Waals surface area contributed by atoms with Gasteiger partial charge in [-0.2, -0.15) is 0 Å². The monoisotopic (exact) mass is 230 g/mol. The van der Waals surface area contributed by atoms with E-state index in [1.165, 1.54) is 0 Å². The molecule has 3 heteroatoms. The van der Waals surface area contributed by atoms with Gasteiger partial charge < -0.3 is 11.1 Å². The fourth-order valence-electron chi connectivity index (χ4n) is 1.57. The molecule has 0 unspecified atom stereocenters. The highest BCUT2D eigenvalue weighted by molar-refractivity contribution is 5.95. The lowest BCUT2D eigenvalue weighted by atomic mass is 10.0. The molecular formula is C14H18N2O. The van der Waals surface area contributed by atoms with Crippen LogP contribution in [0.25, 0.3) is 0 Å². The molecule has 1 rings (SSSR count). The van der Waals surface area contributed by atoms with E-state index in [4.69, 9.17) is 5.73 Å². The van der Waals surface area contributed by atoms with Crippen molar-refractivity contribution in [1.82, 2.24) is 5.32 Å². The van der Waals surface area contributed by atoms with E-state index in [2.05, 4.69) is 17.2 Å². The molecule has 0 fully saturated rings. The number of nitrogens with two attached hydrogens (primary N) is 1. The second kappa shape index (κ2) is 7.48. The first-order valence-electron chi connectivity index (χ1n) is 5.75. The van der Waals surface area contributed by atoms with E-state index in [0.717, 1.165) is 12.0 Å². The van der Waals surface area contributed by atoms with Crippen molar-refractivity contribution in [2.45, 2.75) is 19.8 Å². The zero-order chi connectivity index (χ0) is 12.5. The van der Waals surface area contributed by atoms with E-state index < -0.39 is 0 Å². The Bertz CT molecular complexity index is 429. The number of benzene rings is 1. The molecule has 0 radical (unpaired) electrons. The molecule has 0 spiro atoms. The number of nitrogens with one attached hydrogen (secondary N) is 1. The van der Waals surface area contributed by atoms with E-state index in [1.54, 1.807) is 6.92 Å². The van der Waals surface area contributed by atoms with Gasteiger partial charge >= 0.3 is 0 Å². The Morgan fingerprint density at radius 1 is 1.41 bits per heavy atom. The first-order valence-corrected chi connectivity index (χ1v) is 5.75. The van der Waals surface area contributed by atoms with Crippen molar-refractivity contribution in [2.75, 3.05) is 13.1 Å². The second-order valence-electron chi connectivity index (χ2n) is 3.63. The highest BCUT2D eigenvalue weighted by Gasteiger charge is 2.08. The van der Waals surface area contributed by atoms with Gasteiger partial charge in [-0.15, -0.1) is 11.8 Å². The van der Waals surface area contributed by atoms with Crippen LogP contribution in [0.5, 0.6) is 0 Å². The van der Waals surface area contributed by atoms with E-state index in [-0.39, 0.29) is 5.91 Å². The third-order valence-corrected chi connectivity index (χ3v) is 2.39. The van der Waals surface area contributed by atoms with Crippen molar-refractivity contribution < 1.29 is 4.79 Å². The van der Waals surface area contributed by atoms with Crippen LogP contribution in [0.2, 0.25) is 0 Å². The summed E-state index contributed by atoms with van der Waals surface area (Å²) < 4.78 is 0. The largest absolute Gasteiger partial charge is 0.351 e. The number of carbonyl (C=O) groups is 1. The van der Waals surface area contributed by atoms with Crippen LogP contribution >= 0.6 is 0 Å². The van der Waals surface area contributed by atoms with Crippen molar-refractivity contribution in [3.8, 4) is 11.8 Å². The minimum Gasteiger partial charge on any atom is -0.351 e. The molecule has 17 heavy (non-hydrogen) atoms. The predicted octanol–water partition coefficient (Wildman–Crippen LogP) is 1.33. The average Bonchev–Trinajstić information content (AvgIpc) is 2.35. The summed E-state index contributed by atoms with van der Waals surface area (Å²) in [5.74, 6) is 5.66. The molecule has 0 aliphatic carbocycles. The molecule has 0 heterocycles. The Morgan fingerprint density at radius 3 is 2.88 bits per heavy atom. The Labute approximate surface area is 102 Å². The van der Waals surface area contributed by atoms with Gasteiger partial charge in [0.05, 0.1) is 0 Å². The summed E-state index contributed by atoms with van der Waals surface area (Å²) >= 11 is 0. The smallest absolute Gasteiger partial charge is 0.251 e. The molecular weight excluding hydrogens is 212 g/mol. The summed E-state index contributed by atoms with van der Waals surface area (Å²) in [5.41, 5.74) is 7.22. The van der Waals surface area contributed by atoms with Crippen LogP contribution in [-0.4, -0.2) is 19.0 Å². The van der Waals surface area contributed by atoms with Crippen LogP contribution in [0, 0.1) is 11.8 Å². The summed E-state index contributed by atoms with van der Waals surface area (Å²) in [6, 6.07) is 7.55. The molecule has 1 aromatic rings. The van der Waals surface area contributed by atoms with Crippen LogP contribution < -0.4 is 11.1 Å². The van der Waals surface area contributed by atoms with Crippen LogP contribution in [0.3, 0.4) is 0 Å². The third kappa shape index (κ3) is 4.29. The van der Waals surface area contributed by atoms with Gasteiger partial charge in [-0.3, -0.25) is 4.79 Å². The number of rotatable bonds is 5. The van der Waals surface area contributed by atoms with Gasteiger partial charge in [-0.05, 0) is 31.5 Å². The minimum absolute atomic E-state index is 0.0491. The summed E-state index contributed by atoms with van der Waals surface area (Å²) in [6.07, 6.45) is 1.40. The van der Waals surface area contributed by atoms with Crippen LogP contribution in [0.4, 0.5) is 0 Å². The highest BCUT2D eigenvalue weighted by Crippen LogP contribution is 2.08. The number of carbonyl (C=O) groups excluding carboxylic acids is 1. The number of hydrogen-bond acceptors (Lipinski definition) is 2. The topological polar surface area (TPSA) is 55.1 Å². The number of amides is 1. The minimum atomic E-state index is -0.0491. The molecule has 0 atom stereocenters. The molecule has 90 valence electrons. The van der Waals surface area contributed by atoms with Crippen molar-refractivity contribution >= 4 is 5.91 Å². The quantitative estimate of drug-likeness (QED) is 0.592. The Kier molecular flexibility index (Phi) is 5.84. The Balaban J connectivity index is 2.63. The molecule has 0 saturated heterocycles. The van der Waals surface area contributed by atoms with E-state index in [0.29, 0.717) is 25.1 Å². The summed E-state index contributed by atoms with van der Waals surface area (Å²) in [7, 11) is 0. The van der Waals surface area contributed by atoms with Gasteiger partial charge in [0.15, 0.2) is 0 Å². The third-order valence-electron chi connectivity index (χ3n) is 2.39. The zero-order valence-corrected chi connectivity index (χ0v) is 10.1. The molecule has 0 aliphatic rings. The Morgan fingerprint density at radius 2 is 2.18 bits per heavy atom. The van der Waals surface area contributed by atoms with Crippen molar-refractivity contribution in [3.05, 3.63) is 35.4 Å². The fourth-order valence-corrected chi connectivity index (χ4v) is 1.57. The van der Waals surface area contributed by atoms with Crippen LogP contribution in [0.1, 0.15) is 29.3 Å². The standard InChI is InChI=1S/C14H18N2O/c1-2-3-6-11-16-14(17)13-8-5-4-7-12(13)9-10-15/h4-5,7-8H,6,9-11,15H2,1H3,(H,16,17). The van der Waals surface area contributed by atoms with Gasteiger partial charge in [0.2, 0.25) is 0 Å². The first kappa shape index (κ1) is 13.3. The molecule has 1 amide bonds. The number of hydrogen-bond donors (Lipinski definition) is 2. The molecule has 1 aromatic carbocycles. The zero-order valence-electron chi connectivity index (χ0n) is 10.1. The van der Waals surface area contributed by atoms with Crippen molar-refractivity contribution in [3.63, 3.8) is 0 Å². The molecule has 0 saturated carbocycles.